The van der Waals surface area contributed by atoms with E-state index in [1.54, 1.807) is 0 Å². The van der Waals surface area contributed by atoms with Crippen molar-refractivity contribution < 1.29 is 0 Å². The minimum absolute atomic E-state index is 0.0285. The first kappa shape index (κ1) is 13.9. The fourth-order valence-electron chi connectivity index (χ4n) is 1.06. The molecule has 0 aliphatic heterocycles. The fourth-order valence-corrected chi connectivity index (χ4v) is 2.47. The van der Waals surface area contributed by atoms with E-state index in [4.69, 9.17) is 0 Å². The second kappa shape index (κ2) is 5.45. The van der Waals surface area contributed by atoms with Gasteiger partial charge in [-0.1, -0.05) is 43.6 Å². The van der Waals surface area contributed by atoms with Gasteiger partial charge in [-0.3, -0.25) is 0 Å². The van der Waals surface area contributed by atoms with E-state index in [-0.39, 0.29) is 5.41 Å². The molecule has 92 valence electrons. The average molecular weight is 306 g/mol. The molecule has 0 spiro atoms. The van der Waals surface area contributed by atoms with Crippen molar-refractivity contribution in [1.82, 2.24) is 9.36 Å². The van der Waals surface area contributed by atoms with E-state index in [2.05, 4.69) is 65.2 Å². The Kier molecular flexibility index (Phi) is 4.73. The summed E-state index contributed by atoms with van der Waals surface area (Å²) >= 11 is 4.94. The standard InChI is InChI=1S/C11H20BrN3S/c1-7(6-12)8(2)13-10-14-9(15-16-10)11(3,4)5/h7-8H,6H2,1-5H3,(H,13,14,15). The summed E-state index contributed by atoms with van der Waals surface area (Å²) < 4.78 is 4.38. The zero-order chi connectivity index (χ0) is 12.3. The summed E-state index contributed by atoms with van der Waals surface area (Å²) in [5, 5.41) is 5.31. The molecule has 2 unspecified atom stereocenters. The first-order valence-corrected chi connectivity index (χ1v) is 7.40. The van der Waals surface area contributed by atoms with Crippen LogP contribution < -0.4 is 5.32 Å². The van der Waals surface area contributed by atoms with E-state index in [1.807, 2.05) is 0 Å². The summed E-state index contributed by atoms with van der Waals surface area (Å²) in [4.78, 5) is 4.52. The van der Waals surface area contributed by atoms with Gasteiger partial charge in [-0.25, -0.2) is 4.98 Å². The number of hydrogen-bond acceptors (Lipinski definition) is 4. The minimum atomic E-state index is 0.0285. The number of aromatic nitrogens is 2. The highest BCUT2D eigenvalue weighted by Crippen LogP contribution is 2.24. The number of nitrogens with one attached hydrogen (secondary N) is 1. The molecule has 0 aromatic carbocycles. The van der Waals surface area contributed by atoms with E-state index < -0.39 is 0 Å². The predicted octanol–water partition coefficient (Wildman–Crippen LogP) is 3.67. The Labute approximate surface area is 110 Å². The van der Waals surface area contributed by atoms with Gasteiger partial charge in [0.05, 0.1) is 0 Å². The van der Waals surface area contributed by atoms with Crippen LogP contribution in [0.5, 0.6) is 0 Å². The van der Waals surface area contributed by atoms with Crippen molar-refractivity contribution in [3.63, 3.8) is 0 Å². The van der Waals surface area contributed by atoms with Gasteiger partial charge >= 0.3 is 0 Å². The second-order valence-corrected chi connectivity index (χ2v) is 6.64. The maximum atomic E-state index is 4.52. The third kappa shape index (κ3) is 3.70. The third-order valence-corrected chi connectivity index (χ3v) is 4.21. The monoisotopic (exact) mass is 305 g/mol. The molecule has 2 atom stereocenters. The molecule has 3 nitrogen and oxygen atoms in total. The van der Waals surface area contributed by atoms with Gasteiger partial charge in [0, 0.05) is 28.3 Å². The molecule has 1 rings (SSSR count). The summed E-state index contributed by atoms with van der Waals surface area (Å²) in [5.74, 6) is 1.49. The highest BCUT2D eigenvalue weighted by molar-refractivity contribution is 9.09. The Bertz CT molecular complexity index is 332. The van der Waals surface area contributed by atoms with Gasteiger partial charge in [0.1, 0.15) is 5.82 Å². The van der Waals surface area contributed by atoms with Crippen LogP contribution in [-0.4, -0.2) is 20.7 Å². The molecule has 0 saturated carbocycles. The summed E-state index contributed by atoms with van der Waals surface area (Å²) in [6.07, 6.45) is 0. The molecule has 0 bridgehead atoms. The van der Waals surface area contributed by atoms with Crippen LogP contribution in [0, 0.1) is 5.92 Å². The van der Waals surface area contributed by atoms with Crippen molar-refractivity contribution in [3.05, 3.63) is 5.82 Å². The molecule has 0 aliphatic rings. The van der Waals surface area contributed by atoms with Crippen LogP contribution in [0.3, 0.4) is 0 Å². The highest BCUT2D eigenvalue weighted by Gasteiger charge is 2.20. The molecule has 0 fully saturated rings. The topological polar surface area (TPSA) is 37.8 Å². The second-order valence-electron chi connectivity index (χ2n) is 5.24. The maximum absolute atomic E-state index is 4.52. The number of anilines is 1. The summed E-state index contributed by atoms with van der Waals surface area (Å²) in [6.45, 7) is 10.8. The lowest BCUT2D eigenvalue weighted by atomic mass is 9.96. The Hall–Kier alpha value is -0.160. The van der Waals surface area contributed by atoms with Crippen LogP contribution in [0.2, 0.25) is 0 Å². The van der Waals surface area contributed by atoms with Gasteiger partial charge in [-0.2, -0.15) is 4.37 Å². The lowest BCUT2D eigenvalue weighted by Crippen LogP contribution is -2.24. The molecule has 16 heavy (non-hydrogen) atoms. The summed E-state index contributed by atoms with van der Waals surface area (Å²) in [7, 11) is 0. The average Bonchev–Trinajstić information content (AvgIpc) is 2.64. The molecule has 5 heteroatoms. The first-order valence-electron chi connectivity index (χ1n) is 5.51. The third-order valence-electron chi connectivity index (χ3n) is 2.54. The van der Waals surface area contributed by atoms with Crippen LogP contribution >= 0.6 is 27.5 Å². The van der Waals surface area contributed by atoms with Gasteiger partial charge in [0.25, 0.3) is 0 Å². The summed E-state index contributed by atoms with van der Waals surface area (Å²) in [6, 6.07) is 0.403. The predicted molar refractivity (Wildman–Crippen MR) is 74.7 cm³/mol. The van der Waals surface area contributed by atoms with Crippen molar-refractivity contribution in [2.45, 2.75) is 46.1 Å². The van der Waals surface area contributed by atoms with Gasteiger partial charge in [-0.15, -0.1) is 0 Å². The van der Waals surface area contributed by atoms with E-state index in [1.165, 1.54) is 11.5 Å². The minimum Gasteiger partial charge on any atom is -0.358 e. The Morgan fingerprint density at radius 3 is 2.44 bits per heavy atom. The Morgan fingerprint density at radius 1 is 1.38 bits per heavy atom. The highest BCUT2D eigenvalue weighted by atomic mass is 79.9. The van der Waals surface area contributed by atoms with Crippen molar-refractivity contribution >= 4 is 32.6 Å². The lowest BCUT2D eigenvalue weighted by molar-refractivity contribution is 0.551. The van der Waals surface area contributed by atoms with Crippen molar-refractivity contribution in [2.24, 2.45) is 5.92 Å². The van der Waals surface area contributed by atoms with Crippen LogP contribution in [-0.2, 0) is 5.41 Å². The van der Waals surface area contributed by atoms with Crippen molar-refractivity contribution in [1.29, 1.82) is 0 Å². The first-order chi connectivity index (χ1) is 7.34. The zero-order valence-corrected chi connectivity index (χ0v) is 12.9. The smallest absolute Gasteiger partial charge is 0.202 e. The van der Waals surface area contributed by atoms with E-state index in [0.29, 0.717) is 12.0 Å². The normalized spacial score (nSPS) is 15.9. The molecule has 0 saturated heterocycles. The number of halogens is 1. The molecule has 0 amide bonds. The molecular weight excluding hydrogens is 286 g/mol. The van der Waals surface area contributed by atoms with Crippen LogP contribution in [0.4, 0.5) is 5.13 Å². The maximum Gasteiger partial charge on any atom is 0.202 e. The van der Waals surface area contributed by atoms with Crippen LogP contribution in [0.1, 0.15) is 40.4 Å². The zero-order valence-electron chi connectivity index (χ0n) is 10.5. The quantitative estimate of drug-likeness (QED) is 0.863. The SMILES string of the molecule is CC(CBr)C(C)Nc1nc(C(C)(C)C)ns1. The number of alkyl halides is 1. The molecule has 0 radical (unpaired) electrons. The largest absolute Gasteiger partial charge is 0.358 e. The van der Waals surface area contributed by atoms with Gasteiger partial charge < -0.3 is 5.32 Å². The number of hydrogen-bond donors (Lipinski definition) is 1. The molecule has 1 aromatic heterocycles. The van der Waals surface area contributed by atoms with Crippen molar-refractivity contribution in [2.75, 3.05) is 10.6 Å². The van der Waals surface area contributed by atoms with E-state index in [0.717, 1.165) is 16.3 Å². The van der Waals surface area contributed by atoms with Gasteiger partial charge in [-0.05, 0) is 12.8 Å². The molecular formula is C11H20BrN3S. The van der Waals surface area contributed by atoms with Crippen LogP contribution in [0.25, 0.3) is 0 Å². The molecule has 0 aliphatic carbocycles. The Morgan fingerprint density at radius 2 is 2.00 bits per heavy atom. The molecule has 1 N–H and O–H groups in total. The molecule has 1 aromatic rings. The fraction of sp³-hybridized carbons (Fsp3) is 0.818. The lowest BCUT2D eigenvalue weighted by Gasteiger charge is -2.18. The van der Waals surface area contributed by atoms with Gasteiger partial charge in [0.15, 0.2) is 0 Å². The van der Waals surface area contributed by atoms with Crippen molar-refractivity contribution in [3.8, 4) is 0 Å². The van der Waals surface area contributed by atoms with E-state index >= 15 is 0 Å². The number of rotatable bonds is 4. The van der Waals surface area contributed by atoms with Crippen LogP contribution in [0.15, 0.2) is 0 Å². The van der Waals surface area contributed by atoms with E-state index in [9.17, 15) is 0 Å². The molecule has 1 heterocycles. The Balaban J connectivity index is 2.66. The summed E-state index contributed by atoms with van der Waals surface area (Å²) in [5.41, 5.74) is 0.0285. The number of nitrogens with zero attached hydrogens (tertiary/aromatic N) is 2. The van der Waals surface area contributed by atoms with Gasteiger partial charge in [0.2, 0.25) is 5.13 Å².